The molecule has 7 heteroatoms. The van der Waals surface area contributed by atoms with E-state index in [2.05, 4.69) is 27.4 Å². The van der Waals surface area contributed by atoms with Crippen LogP contribution in [0.2, 0.25) is 0 Å². The molecule has 152 valence electrons. The van der Waals surface area contributed by atoms with Crippen LogP contribution in [0, 0.1) is 5.41 Å². The normalized spacial score (nSPS) is 14.9. The number of nitrogens with two attached hydrogens (primary N) is 1. The Morgan fingerprint density at radius 2 is 1.93 bits per heavy atom. The van der Waals surface area contributed by atoms with Gasteiger partial charge in [0.2, 0.25) is 0 Å². The third-order valence-electron chi connectivity index (χ3n) is 5.79. The van der Waals surface area contributed by atoms with Crippen LogP contribution in [0.25, 0.3) is 22.1 Å². The first-order chi connectivity index (χ1) is 14.7. The lowest BCUT2D eigenvalue weighted by Gasteiger charge is -2.23. The van der Waals surface area contributed by atoms with Crippen LogP contribution in [0.5, 0.6) is 0 Å². The van der Waals surface area contributed by atoms with Crippen molar-refractivity contribution in [2.75, 3.05) is 5.32 Å². The van der Waals surface area contributed by atoms with Crippen molar-refractivity contribution in [2.24, 2.45) is 5.73 Å². The molecule has 0 unspecified atom stereocenters. The molecule has 5 rings (SSSR count). The summed E-state index contributed by atoms with van der Waals surface area (Å²) in [6.07, 6.45) is 8.41. The second-order valence-electron chi connectivity index (χ2n) is 8.01. The number of benzene rings is 1. The molecule has 1 aliphatic rings. The van der Waals surface area contributed by atoms with E-state index in [0.29, 0.717) is 18.0 Å². The van der Waals surface area contributed by atoms with Gasteiger partial charge in [-0.2, -0.15) is 0 Å². The number of H-pyrrole nitrogens is 1. The predicted octanol–water partition coefficient (Wildman–Crippen LogP) is 4.13. The highest BCUT2D eigenvalue weighted by molar-refractivity contribution is 6.10. The first-order valence-electron chi connectivity index (χ1n) is 10.5. The molecule has 7 nitrogen and oxygen atoms in total. The standard InChI is InChI=1S/C23H25N7/c24-21(25)15-12-17-20(26-13-15)19-22(27-16-9-5-2-6-10-16)29-18(30-23(19)28-17)11-14-7-3-1-4-8-14/h1,3-4,7-8,12-13,16H,2,5-6,9-11H2,(H3,24,25)(H2,27,28,29,30). The fourth-order valence-corrected chi connectivity index (χ4v) is 4.26. The molecule has 3 aromatic heterocycles. The average molecular weight is 400 g/mol. The number of anilines is 1. The summed E-state index contributed by atoms with van der Waals surface area (Å²) in [7, 11) is 0. The van der Waals surface area contributed by atoms with Crippen LogP contribution in [0.15, 0.2) is 42.6 Å². The Kier molecular flexibility index (Phi) is 4.78. The molecule has 0 spiro atoms. The third-order valence-corrected chi connectivity index (χ3v) is 5.79. The molecule has 5 N–H and O–H groups in total. The summed E-state index contributed by atoms with van der Waals surface area (Å²) in [6, 6.07) is 12.5. The van der Waals surface area contributed by atoms with Crippen LogP contribution in [0.4, 0.5) is 5.82 Å². The minimum atomic E-state index is -0.000499. The number of aromatic nitrogens is 4. The zero-order chi connectivity index (χ0) is 20.5. The number of nitrogen functional groups attached to an aromatic ring is 1. The van der Waals surface area contributed by atoms with E-state index >= 15 is 0 Å². The first kappa shape index (κ1) is 18.5. The average Bonchev–Trinajstić information content (AvgIpc) is 3.13. The molecule has 1 aliphatic carbocycles. The highest BCUT2D eigenvalue weighted by atomic mass is 15.1. The van der Waals surface area contributed by atoms with E-state index in [4.69, 9.17) is 21.1 Å². The lowest BCUT2D eigenvalue weighted by Crippen LogP contribution is -2.23. The van der Waals surface area contributed by atoms with E-state index in [0.717, 1.165) is 46.6 Å². The number of amidine groups is 1. The molecule has 1 fully saturated rings. The molecule has 4 aromatic rings. The summed E-state index contributed by atoms with van der Waals surface area (Å²) in [4.78, 5) is 17.7. The van der Waals surface area contributed by atoms with Crippen LogP contribution < -0.4 is 11.1 Å². The summed E-state index contributed by atoms with van der Waals surface area (Å²) in [5, 5.41) is 12.3. The summed E-state index contributed by atoms with van der Waals surface area (Å²) in [5.41, 5.74) is 9.80. The Morgan fingerprint density at radius 1 is 1.13 bits per heavy atom. The monoisotopic (exact) mass is 399 g/mol. The minimum Gasteiger partial charge on any atom is -0.384 e. The van der Waals surface area contributed by atoms with Crippen LogP contribution in [-0.2, 0) is 6.42 Å². The van der Waals surface area contributed by atoms with Gasteiger partial charge >= 0.3 is 0 Å². The molecule has 1 saturated carbocycles. The maximum Gasteiger partial charge on any atom is 0.145 e. The second-order valence-corrected chi connectivity index (χ2v) is 8.01. The maximum absolute atomic E-state index is 7.70. The van der Waals surface area contributed by atoms with Crippen molar-refractivity contribution in [3.8, 4) is 0 Å². The molecule has 0 radical (unpaired) electrons. The van der Waals surface area contributed by atoms with Gasteiger partial charge in [-0.25, -0.2) is 9.97 Å². The summed E-state index contributed by atoms with van der Waals surface area (Å²) in [5.74, 6) is 1.61. The highest BCUT2D eigenvalue weighted by Gasteiger charge is 2.20. The largest absolute Gasteiger partial charge is 0.384 e. The molecule has 1 aromatic carbocycles. The van der Waals surface area contributed by atoms with Gasteiger partial charge in [0.25, 0.3) is 0 Å². The Hall–Kier alpha value is -3.48. The fraction of sp³-hybridized carbons (Fsp3) is 0.304. The van der Waals surface area contributed by atoms with E-state index in [-0.39, 0.29) is 5.84 Å². The van der Waals surface area contributed by atoms with Gasteiger partial charge in [-0.05, 0) is 24.5 Å². The molecule has 0 atom stereocenters. The van der Waals surface area contributed by atoms with Gasteiger partial charge in [-0.15, -0.1) is 0 Å². The van der Waals surface area contributed by atoms with Gasteiger partial charge in [-0.3, -0.25) is 10.4 Å². The zero-order valence-electron chi connectivity index (χ0n) is 16.8. The molecule has 3 heterocycles. The van der Waals surface area contributed by atoms with Crippen molar-refractivity contribution in [3.63, 3.8) is 0 Å². The SMILES string of the molecule is N=C(N)c1cnc2c(c1)[nH]c1nc(Cc3ccccc3)nc(NC3CCCCC3)c12. The van der Waals surface area contributed by atoms with Crippen molar-refractivity contribution in [3.05, 3.63) is 59.5 Å². The number of rotatable bonds is 5. The molecule has 0 saturated heterocycles. The van der Waals surface area contributed by atoms with Crippen LogP contribution in [0.3, 0.4) is 0 Å². The van der Waals surface area contributed by atoms with E-state index in [1.807, 2.05) is 24.3 Å². The molecular weight excluding hydrogens is 374 g/mol. The molecule has 0 bridgehead atoms. The number of aromatic amines is 1. The number of pyridine rings is 1. The van der Waals surface area contributed by atoms with Gasteiger partial charge in [0.1, 0.15) is 28.6 Å². The van der Waals surface area contributed by atoms with Crippen molar-refractivity contribution in [1.29, 1.82) is 5.41 Å². The molecule has 0 amide bonds. The quantitative estimate of drug-likeness (QED) is 0.297. The van der Waals surface area contributed by atoms with E-state index in [9.17, 15) is 0 Å². The summed E-state index contributed by atoms with van der Waals surface area (Å²) >= 11 is 0. The van der Waals surface area contributed by atoms with Gasteiger partial charge in [-0.1, -0.05) is 49.6 Å². The van der Waals surface area contributed by atoms with E-state index < -0.39 is 0 Å². The Labute approximate surface area is 174 Å². The van der Waals surface area contributed by atoms with E-state index in [1.165, 1.54) is 24.8 Å². The highest BCUT2D eigenvalue weighted by Crippen LogP contribution is 2.31. The lowest BCUT2D eigenvalue weighted by molar-refractivity contribution is 0.462. The predicted molar refractivity (Wildman–Crippen MR) is 120 cm³/mol. The third kappa shape index (κ3) is 3.58. The van der Waals surface area contributed by atoms with Crippen LogP contribution >= 0.6 is 0 Å². The maximum atomic E-state index is 7.70. The topological polar surface area (TPSA) is 116 Å². The second kappa shape index (κ2) is 7.74. The van der Waals surface area contributed by atoms with Crippen molar-refractivity contribution >= 4 is 33.7 Å². The summed E-state index contributed by atoms with van der Waals surface area (Å²) in [6.45, 7) is 0. The Balaban J connectivity index is 1.63. The Morgan fingerprint density at radius 3 is 2.70 bits per heavy atom. The number of nitrogens with zero attached hydrogens (tertiary/aromatic N) is 3. The van der Waals surface area contributed by atoms with Crippen molar-refractivity contribution in [1.82, 2.24) is 19.9 Å². The van der Waals surface area contributed by atoms with Crippen molar-refractivity contribution in [2.45, 2.75) is 44.6 Å². The van der Waals surface area contributed by atoms with E-state index in [1.54, 1.807) is 6.20 Å². The fourth-order valence-electron chi connectivity index (χ4n) is 4.26. The molecule has 0 aliphatic heterocycles. The van der Waals surface area contributed by atoms with Crippen LogP contribution in [-0.4, -0.2) is 31.8 Å². The molecular formula is C23H25N7. The molecule has 30 heavy (non-hydrogen) atoms. The van der Waals surface area contributed by atoms with Crippen molar-refractivity contribution < 1.29 is 0 Å². The smallest absolute Gasteiger partial charge is 0.145 e. The lowest BCUT2D eigenvalue weighted by atomic mass is 9.95. The van der Waals surface area contributed by atoms with Gasteiger partial charge in [0.15, 0.2) is 0 Å². The van der Waals surface area contributed by atoms with Gasteiger partial charge < -0.3 is 16.0 Å². The van der Waals surface area contributed by atoms with Gasteiger partial charge in [0.05, 0.1) is 10.9 Å². The number of nitrogens with one attached hydrogen (secondary N) is 3. The Bertz CT molecular complexity index is 1210. The summed E-state index contributed by atoms with van der Waals surface area (Å²) < 4.78 is 0. The number of hydrogen-bond donors (Lipinski definition) is 4. The number of hydrogen-bond acceptors (Lipinski definition) is 5. The number of fused-ring (bicyclic) bond motifs is 3. The zero-order valence-corrected chi connectivity index (χ0v) is 16.8. The van der Waals surface area contributed by atoms with Crippen LogP contribution in [0.1, 0.15) is 49.1 Å². The van der Waals surface area contributed by atoms with Gasteiger partial charge in [0, 0.05) is 24.2 Å². The minimum absolute atomic E-state index is 0.000499. The first-order valence-corrected chi connectivity index (χ1v) is 10.5.